The van der Waals surface area contributed by atoms with Crippen LogP contribution in [0.1, 0.15) is 52.4 Å². The van der Waals surface area contributed by atoms with Crippen molar-refractivity contribution < 1.29 is 29.3 Å². The third kappa shape index (κ3) is 5.91. The van der Waals surface area contributed by atoms with Gasteiger partial charge >= 0.3 is 11.9 Å². The summed E-state index contributed by atoms with van der Waals surface area (Å²) in [7, 11) is 2.21. The van der Waals surface area contributed by atoms with Gasteiger partial charge in [-0.15, -0.1) is 11.3 Å². The van der Waals surface area contributed by atoms with Crippen LogP contribution in [0.4, 0.5) is 0 Å². The van der Waals surface area contributed by atoms with Crippen molar-refractivity contribution in [2.75, 3.05) is 33.3 Å². The number of ether oxygens (including phenoxy) is 1. The molecule has 190 valence electrons. The molecule has 2 N–H and O–H groups in total. The summed E-state index contributed by atoms with van der Waals surface area (Å²) in [6.45, 7) is 7.21. The Bertz CT molecular complexity index is 1070. The molecule has 35 heavy (non-hydrogen) atoms. The molecular weight excluding hydrogens is 472 g/mol. The number of piperidine rings is 1. The number of hydrogen-bond donors (Lipinski definition) is 2. The molecule has 5 rings (SSSR count). The molecule has 2 aromatic rings. The Labute approximate surface area is 208 Å². The first kappa shape index (κ1) is 25.3. The monoisotopic (exact) mass is 504 g/mol. The Balaban J connectivity index is 0.000000431. The van der Waals surface area contributed by atoms with E-state index in [1.165, 1.54) is 25.1 Å². The maximum atomic E-state index is 12.8. The summed E-state index contributed by atoms with van der Waals surface area (Å²) in [5.74, 6) is -1.53. The zero-order valence-corrected chi connectivity index (χ0v) is 20.9. The second-order valence-corrected chi connectivity index (χ2v) is 10.5. The van der Waals surface area contributed by atoms with Crippen molar-refractivity contribution in [1.29, 1.82) is 0 Å². The Morgan fingerprint density at radius 1 is 1.20 bits per heavy atom. The number of hydrogen-bond acceptors (Lipinski definition) is 7. The summed E-state index contributed by atoms with van der Waals surface area (Å²) in [6, 6.07) is 1.99. The van der Waals surface area contributed by atoms with Gasteiger partial charge in [-0.25, -0.2) is 14.6 Å². The molecule has 2 aliphatic heterocycles. The second kappa shape index (κ2) is 10.5. The van der Waals surface area contributed by atoms with Crippen molar-refractivity contribution in [3.63, 3.8) is 0 Å². The lowest BCUT2D eigenvalue weighted by Crippen LogP contribution is -2.49. The van der Waals surface area contributed by atoms with E-state index in [1.807, 2.05) is 29.5 Å². The lowest BCUT2D eigenvalue weighted by atomic mass is 9.89. The predicted octanol–water partition coefficient (Wildman–Crippen LogP) is 2.41. The lowest BCUT2D eigenvalue weighted by molar-refractivity contribution is -0.159. The van der Waals surface area contributed by atoms with Gasteiger partial charge in [-0.1, -0.05) is 0 Å². The largest absolute Gasteiger partial charge is 0.473 e. The SMILES string of the molecule is Cc1csc(C(=O)N2CCC3(CC2)OCCn2c(CN(C)CC4CC4)cnc23)c1.O=C(O)C(=O)O. The quantitative estimate of drug-likeness (QED) is 0.595. The minimum Gasteiger partial charge on any atom is -0.473 e. The average Bonchev–Trinajstić information content (AvgIpc) is 3.37. The summed E-state index contributed by atoms with van der Waals surface area (Å²) in [4.78, 5) is 41.1. The van der Waals surface area contributed by atoms with E-state index < -0.39 is 11.9 Å². The first-order valence-electron chi connectivity index (χ1n) is 11.9. The van der Waals surface area contributed by atoms with Crippen LogP contribution >= 0.6 is 11.3 Å². The van der Waals surface area contributed by atoms with E-state index in [0.29, 0.717) is 0 Å². The van der Waals surface area contributed by atoms with Gasteiger partial charge in [0.25, 0.3) is 5.91 Å². The van der Waals surface area contributed by atoms with Crippen molar-refractivity contribution in [2.24, 2.45) is 5.92 Å². The molecular formula is C24H32N4O6S. The molecule has 0 atom stereocenters. The first-order chi connectivity index (χ1) is 16.7. The summed E-state index contributed by atoms with van der Waals surface area (Å²) < 4.78 is 8.71. The highest BCUT2D eigenvalue weighted by Crippen LogP contribution is 2.39. The van der Waals surface area contributed by atoms with Crippen molar-refractivity contribution in [1.82, 2.24) is 19.4 Å². The smallest absolute Gasteiger partial charge is 0.414 e. The van der Waals surface area contributed by atoms with Gasteiger partial charge in [0.15, 0.2) is 0 Å². The Morgan fingerprint density at radius 2 is 1.89 bits per heavy atom. The number of carboxylic acid groups (broad SMARTS) is 2. The molecule has 0 aromatic carbocycles. The number of thiophene rings is 1. The molecule has 11 heteroatoms. The normalized spacial score (nSPS) is 18.7. The fourth-order valence-corrected chi connectivity index (χ4v) is 5.63. The number of carbonyl (C=O) groups excluding carboxylic acids is 1. The van der Waals surface area contributed by atoms with Crippen molar-refractivity contribution in [2.45, 2.75) is 51.3 Å². The molecule has 1 spiro atoms. The molecule has 0 radical (unpaired) electrons. The van der Waals surface area contributed by atoms with Gasteiger partial charge in [0.2, 0.25) is 0 Å². The molecule has 2 fully saturated rings. The number of carboxylic acids is 2. The number of imidazole rings is 1. The van der Waals surface area contributed by atoms with E-state index in [1.54, 1.807) is 11.3 Å². The Morgan fingerprint density at radius 3 is 2.46 bits per heavy atom. The third-order valence-corrected chi connectivity index (χ3v) is 7.76. The van der Waals surface area contributed by atoms with Crippen LogP contribution < -0.4 is 0 Å². The topological polar surface area (TPSA) is 125 Å². The second-order valence-electron chi connectivity index (χ2n) is 9.60. The Hall–Kier alpha value is -2.76. The molecule has 0 bridgehead atoms. The molecule has 2 aromatic heterocycles. The standard InChI is InChI=1S/C22H30N4O2S.C2H2O4/c1-16-11-19(29-15-16)20(27)25-7-5-22(6-8-25)21-23-12-18(26(21)9-10-28-22)14-24(2)13-17-3-4-17;3-1(4)2(5)6/h11-12,15,17H,3-10,13-14H2,1-2H3;(H,3,4)(H,5,6). The van der Waals surface area contributed by atoms with Gasteiger partial charge in [-0.2, -0.15) is 0 Å². The van der Waals surface area contributed by atoms with E-state index in [9.17, 15) is 4.79 Å². The maximum absolute atomic E-state index is 12.8. The van der Waals surface area contributed by atoms with Crippen LogP contribution in [0.15, 0.2) is 17.6 Å². The van der Waals surface area contributed by atoms with Gasteiger partial charge in [-0.05, 0) is 49.7 Å². The number of aliphatic carboxylic acids is 2. The van der Waals surface area contributed by atoms with Crippen LogP contribution in [0.5, 0.6) is 0 Å². The average molecular weight is 505 g/mol. The first-order valence-corrected chi connectivity index (χ1v) is 12.7. The highest BCUT2D eigenvalue weighted by molar-refractivity contribution is 7.12. The van der Waals surface area contributed by atoms with E-state index >= 15 is 0 Å². The van der Waals surface area contributed by atoms with Crippen LogP contribution in [0.3, 0.4) is 0 Å². The van der Waals surface area contributed by atoms with Crippen molar-refractivity contribution in [3.05, 3.63) is 39.6 Å². The lowest BCUT2D eigenvalue weighted by Gasteiger charge is -2.43. The van der Waals surface area contributed by atoms with Gasteiger partial charge in [0.05, 0.1) is 17.2 Å². The van der Waals surface area contributed by atoms with E-state index in [0.717, 1.165) is 67.8 Å². The number of aryl methyl sites for hydroxylation is 1. The number of carbonyl (C=O) groups is 3. The van der Waals surface area contributed by atoms with Crippen LogP contribution in [-0.4, -0.2) is 80.7 Å². The third-order valence-electron chi connectivity index (χ3n) is 6.72. The van der Waals surface area contributed by atoms with Crippen molar-refractivity contribution in [3.8, 4) is 0 Å². The van der Waals surface area contributed by atoms with Crippen LogP contribution in [0.25, 0.3) is 0 Å². The Kier molecular flexibility index (Phi) is 7.58. The number of fused-ring (bicyclic) bond motifs is 2. The molecule has 1 saturated carbocycles. The summed E-state index contributed by atoms with van der Waals surface area (Å²) in [5, 5.41) is 16.8. The summed E-state index contributed by atoms with van der Waals surface area (Å²) in [5.41, 5.74) is 2.11. The maximum Gasteiger partial charge on any atom is 0.414 e. The van der Waals surface area contributed by atoms with Crippen molar-refractivity contribution >= 4 is 29.2 Å². The minimum atomic E-state index is -1.82. The molecule has 3 aliphatic rings. The fraction of sp³-hybridized carbons (Fsp3) is 0.583. The zero-order valence-electron chi connectivity index (χ0n) is 20.1. The summed E-state index contributed by atoms with van der Waals surface area (Å²) >= 11 is 1.54. The van der Waals surface area contributed by atoms with E-state index in [4.69, 9.17) is 29.5 Å². The molecule has 1 amide bonds. The number of nitrogens with zero attached hydrogens (tertiary/aromatic N) is 4. The number of aromatic nitrogens is 2. The van der Waals surface area contributed by atoms with Crippen LogP contribution in [-0.2, 0) is 33.0 Å². The molecule has 1 aliphatic carbocycles. The van der Waals surface area contributed by atoms with Gasteiger partial charge in [-0.3, -0.25) is 4.79 Å². The summed E-state index contributed by atoms with van der Waals surface area (Å²) in [6.07, 6.45) is 6.44. The van der Waals surface area contributed by atoms with Gasteiger partial charge < -0.3 is 29.3 Å². The van der Waals surface area contributed by atoms with Crippen LogP contribution in [0, 0.1) is 12.8 Å². The van der Waals surface area contributed by atoms with E-state index in [2.05, 4.69) is 16.5 Å². The zero-order chi connectivity index (χ0) is 25.2. The molecule has 1 saturated heterocycles. The van der Waals surface area contributed by atoms with Crippen LogP contribution in [0.2, 0.25) is 0 Å². The minimum absolute atomic E-state index is 0.152. The molecule has 0 unspecified atom stereocenters. The highest BCUT2D eigenvalue weighted by Gasteiger charge is 2.44. The molecule has 10 nitrogen and oxygen atoms in total. The predicted molar refractivity (Wildman–Crippen MR) is 128 cm³/mol. The fourth-order valence-electron chi connectivity index (χ4n) is 4.77. The number of amides is 1. The highest BCUT2D eigenvalue weighted by atomic mass is 32.1. The van der Waals surface area contributed by atoms with Gasteiger partial charge in [0.1, 0.15) is 11.4 Å². The number of likely N-dealkylation sites (tertiary alicyclic amines) is 1. The van der Waals surface area contributed by atoms with E-state index in [-0.39, 0.29) is 11.5 Å². The molecule has 4 heterocycles. The number of rotatable bonds is 5. The van der Waals surface area contributed by atoms with Gasteiger partial charge in [0, 0.05) is 51.8 Å².